The number of ether oxygens (including phenoxy) is 1. The van der Waals surface area contributed by atoms with Crippen LogP contribution in [0.25, 0.3) is 5.57 Å². The number of hydrogen-bond donors (Lipinski definition) is 0. The predicted octanol–water partition coefficient (Wildman–Crippen LogP) is 5.55. The molecule has 0 aromatic heterocycles. The minimum Gasteiger partial charge on any atom is -0.465 e. The van der Waals surface area contributed by atoms with Gasteiger partial charge in [-0.1, -0.05) is 84.4 Å². The number of rotatable bonds is 4. The van der Waals surface area contributed by atoms with Gasteiger partial charge in [0.2, 0.25) is 11.8 Å². The lowest BCUT2D eigenvalue weighted by atomic mass is 9.85. The van der Waals surface area contributed by atoms with Crippen molar-refractivity contribution in [2.45, 2.75) is 0 Å². The van der Waals surface area contributed by atoms with Gasteiger partial charge >= 0.3 is 5.97 Å². The lowest BCUT2D eigenvalue weighted by molar-refractivity contribution is -0.122. The number of methoxy groups -OCH3 is 1. The second-order valence-corrected chi connectivity index (χ2v) is 9.63. The van der Waals surface area contributed by atoms with Crippen molar-refractivity contribution in [3.8, 4) is 0 Å². The Morgan fingerprint density at radius 3 is 1.83 bits per heavy atom. The number of anilines is 1. The van der Waals surface area contributed by atoms with Crippen molar-refractivity contribution >= 4 is 40.6 Å². The first kappa shape index (κ1) is 22.5. The van der Waals surface area contributed by atoms with Gasteiger partial charge < -0.3 is 4.74 Å². The fraction of sp³-hybridized carbons (Fsp3) is 0.167. The van der Waals surface area contributed by atoms with Crippen molar-refractivity contribution in [2.24, 2.45) is 23.7 Å². The average Bonchev–Trinajstić information content (AvgIpc) is 3.54. The number of carbonyl (C=O) groups is 3. The van der Waals surface area contributed by atoms with E-state index >= 15 is 0 Å². The Hall–Kier alpha value is -3.96. The van der Waals surface area contributed by atoms with E-state index in [0.717, 1.165) is 22.3 Å². The molecule has 1 saturated carbocycles. The minimum atomic E-state index is -0.622. The maximum atomic E-state index is 13.8. The van der Waals surface area contributed by atoms with Crippen LogP contribution in [0.4, 0.5) is 5.69 Å². The Kier molecular flexibility index (Phi) is 5.38. The monoisotopic (exact) mass is 495 g/mol. The van der Waals surface area contributed by atoms with Gasteiger partial charge in [0.25, 0.3) is 0 Å². The summed E-state index contributed by atoms with van der Waals surface area (Å²) in [4.78, 5) is 40.9. The number of halogens is 1. The summed E-state index contributed by atoms with van der Waals surface area (Å²) in [5.74, 6) is -2.45. The SMILES string of the molecule is COC(=O)c1cc(N2C(=O)[C@@H]3[C@@H](C2=O)[C@H]2C=C[C@@H]3C2=C(c2ccccc2)c2ccccc2)ccc1Cl. The molecule has 0 spiro atoms. The Balaban J connectivity index is 1.45. The second kappa shape index (κ2) is 8.61. The van der Waals surface area contributed by atoms with E-state index < -0.39 is 17.8 Å². The normalized spacial score (nSPS) is 23.8. The van der Waals surface area contributed by atoms with E-state index in [1.807, 2.05) is 36.4 Å². The van der Waals surface area contributed by atoms with Gasteiger partial charge in [-0.25, -0.2) is 9.69 Å². The standard InChI is InChI=1S/C30H22ClNO4/c1-36-30(35)22-16-19(12-15-23(22)31)32-28(33)26-20-13-14-21(27(26)29(32)34)25(20)24(17-8-4-2-5-9-17)18-10-6-3-7-11-18/h2-16,20-21,26-27H,1H3/t20-,21+,26-,27-/m0/s1. The highest BCUT2D eigenvalue weighted by Gasteiger charge is 2.62. The fourth-order valence-corrected chi connectivity index (χ4v) is 6.17. The number of hydrogen-bond acceptors (Lipinski definition) is 4. The molecule has 3 aliphatic rings. The number of esters is 1. The summed E-state index contributed by atoms with van der Waals surface area (Å²) in [6.45, 7) is 0. The van der Waals surface area contributed by atoms with Crippen LogP contribution >= 0.6 is 11.6 Å². The molecule has 4 atom stereocenters. The van der Waals surface area contributed by atoms with Crippen LogP contribution in [0, 0.1) is 23.7 Å². The number of imide groups is 1. The van der Waals surface area contributed by atoms with Crippen molar-refractivity contribution in [3.05, 3.63) is 118 Å². The topological polar surface area (TPSA) is 63.7 Å². The molecule has 0 radical (unpaired) electrons. The van der Waals surface area contributed by atoms with Crippen LogP contribution < -0.4 is 4.90 Å². The van der Waals surface area contributed by atoms with Crippen LogP contribution in [0.2, 0.25) is 5.02 Å². The van der Waals surface area contributed by atoms with Gasteiger partial charge in [0, 0.05) is 11.8 Å². The Bertz CT molecular complexity index is 1390. The number of amides is 2. The van der Waals surface area contributed by atoms with Crippen LogP contribution in [0.1, 0.15) is 21.5 Å². The highest BCUT2D eigenvalue weighted by molar-refractivity contribution is 6.34. The molecular weight excluding hydrogens is 474 g/mol. The van der Waals surface area contributed by atoms with E-state index in [9.17, 15) is 14.4 Å². The summed E-state index contributed by atoms with van der Waals surface area (Å²) >= 11 is 6.17. The molecule has 0 N–H and O–H groups in total. The van der Waals surface area contributed by atoms with E-state index in [0.29, 0.717) is 5.69 Å². The van der Waals surface area contributed by atoms with Gasteiger partial charge in [-0.2, -0.15) is 0 Å². The highest BCUT2D eigenvalue weighted by Crippen LogP contribution is 2.58. The van der Waals surface area contributed by atoms with Crippen molar-refractivity contribution in [1.29, 1.82) is 0 Å². The molecule has 5 nitrogen and oxygen atoms in total. The quantitative estimate of drug-likeness (QED) is 0.270. The van der Waals surface area contributed by atoms with Gasteiger partial charge in [-0.05, 0) is 40.5 Å². The highest BCUT2D eigenvalue weighted by atomic mass is 35.5. The van der Waals surface area contributed by atoms with Crippen molar-refractivity contribution in [2.75, 3.05) is 12.0 Å². The Morgan fingerprint density at radius 1 is 0.806 bits per heavy atom. The number of allylic oxidation sites excluding steroid dienone is 3. The molecule has 2 amide bonds. The molecule has 1 aliphatic heterocycles. The first-order valence-corrected chi connectivity index (χ1v) is 12.2. The van der Waals surface area contributed by atoms with Crippen LogP contribution in [0.3, 0.4) is 0 Å². The largest absolute Gasteiger partial charge is 0.465 e. The molecule has 36 heavy (non-hydrogen) atoms. The smallest absolute Gasteiger partial charge is 0.339 e. The van der Waals surface area contributed by atoms with Gasteiger partial charge in [0.15, 0.2) is 0 Å². The predicted molar refractivity (Wildman–Crippen MR) is 137 cm³/mol. The third kappa shape index (κ3) is 3.27. The molecule has 1 saturated heterocycles. The number of benzene rings is 3. The summed E-state index contributed by atoms with van der Waals surface area (Å²) in [7, 11) is 1.26. The molecule has 178 valence electrons. The molecule has 6 heteroatoms. The third-order valence-corrected chi connectivity index (χ3v) is 7.77. The molecule has 2 fully saturated rings. The summed E-state index contributed by atoms with van der Waals surface area (Å²) < 4.78 is 4.80. The minimum absolute atomic E-state index is 0.117. The zero-order valence-electron chi connectivity index (χ0n) is 19.4. The molecular formula is C30H22ClNO4. The lowest BCUT2D eigenvalue weighted by Crippen LogP contribution is -2.33. The van der Waals surface area contributed by atoms with E-state index in [4.69, 9.17) is 16.3 Å². The first-order valence-electron chi connectivity index (χ1n) is 11.8. The molecule has 6 rings (SSSR count). The second-order valence-electron chi connectivity index (χ2n) is 9.22. The molecule has 2 aliphatic carbocycles. The molecule has 2 bridgehead atoms. The van der Waals surface area contributed by atoms with Crippen molar-refractivity contribution in [3.63, 3.8) is 0 Å². The van der Waals surface area contributed by atoms with Crippen LogP contribution in [-0.4, -0.2) is 24.9 Å². The van der Waals surface area contributed by atoms with Crippen LogP contribution in [0.5, 0.6) is 0 Å². The first-order chi connectivity index (χ1) is 17.5. The maximum absolute atomic E-state index is 13.8. The van der Waals surface area contributed by atoms with Gasteiger partial charge in [0.1, 0.15) is 0 Å². The van der Waals surface area contributed by atoms with Crippen LogP contribution in [0.15, 0.2) is 96.6 Å². The fourth-order valence-electron chi connectivity index (χ4n) is 5.98. The van der Waals surface area contributed by atoms with Gasteiger partial charge in [-0.3, -0.25) is 9.59 Å². The number of fused-ring (bicyclic) bond motifs is 5. The van der Waals surface area contributed by atoms with E-state index in [-0.39, 0.29) is 34.2 Å². The van der Waals surface area contributed by atoms with Gasteiger partial charge in [0.05, 0.1) is 35.2 Å². The van der Waals surface area contributed by atoms with Crippen molar-refractivity contribution < 1.29 is 19.1 Å². The van der Waals surface area contributed by atoms with Crippen molar-refractivity contribution in [1.82, 2.24) is 0 Å². The summed E-state index contributed by atoms with van der Waals surface area (Å²) in [5.41, 5.74) is 4.78. The summed E-state index contributed by atoms with van der Waals surface area (Å²) in [6, 6.07) is 24.8. The summed E-state index contributed by atoms with van der Waals surface area (Å²) in [5, 5.41) is 0.201. The zero-order chi connectivity index (χ0) is 25.0. The Morgan fingerprint density at radius 2 is 1.33 bits per heavy atom. The average molecular weight is 496 g/mol. The molecule has 1 heterocycles. The van der Waals surface area contributed by atoms with E-state index in [2.05, 4.69) is 36.4 Å². The lowest BCUT2D eigenvalue weighted by Gasteiger charge is -2.22. The molecule has 0 unspecified atom stereocenters. The number of carbonyl (C=O) groups excluding carboxylic acids is 3. The van der Waals surface area contributed by atoms with E-state index in [1.54, 1.807) is 6.07 Å². The maximum Gasteiger partial charge on any atom is 0.339 e. The third-order valence-electron chi connectivity index (χ3n) is 7.44. The zero-order valence-corrected chi connectivity index (χ0v) is 20.2. The number of nitrogens with zero attached hydrogens (tertiary/aromatic N) is 1. The summed E-state index contributed by atoms with van der Waals surface area (Å²) in [6.07, 6.45) is 4.15. The Labute approximate surface area is 213 Å². The van der Waals surface area contributed by atoms with Crippen LogP contribution in [-0.2, 0) is 14.3 Å². The van der Waals surface area contributed by atoms with E-state index in [1.165, 1.54) is 24.1 Å². The molecule has 3 aromatic carbocycles. The van der Waals surface area contributed by atoms with Gasteiger partial charge in [-0.15, -0.1) is 0 Å². The molecule has 3 aromatic rings.